The second-order valence-electron chi connectivity index (χ2n) is 3.92. The van der Waals surface area contributed by atoms with E-state index in [-0.39, 0.29) is 11.4 Å². The molecule has 1 N–H and O–H groups in total. The summed E-state index contributed by atoms with van der Waals surface area (Å²) in [5, 5.41) is 0.498. The third-order valence-electron chi connectivity index (χ3n) is 2.77. The molecule has 0 saturated carbocycles. The first-order chi connectivity index (χ1) is 8.75. The van der Waals surface area contributed by atoms with E-state index >= 15 is 0 Å². The second kappa shape index (κ2) is 4.07. The number of rotatable bonds is 1. The number of hydrogen-bond acceptors (Lipinski definition) is 2. The molecule has 4 heteroatoms. The van der Waals surface area contributed by atoms with Crippen LogP contribution in [0, 0.1) is 5.82 Å². The molecule has 0 saturated heterocycles. The lowest BCUT2D eigenvalue weighted by Crippen LogP contribution is -2.05. The fourth-order valence-corrected chi connectivity index (χ4v) is 1.89. The number of aromatic nitrogens is 2. The Morgan fingerprint density at radius 3 is 2.72 bits per heavy atom. The van der Waals surface area contributed by atoms with Gasteiger partial charge in [-0.1, -0.05) is 12.1 Å². The Labute approximate surface area is 102 Å². The van der Waals surface area contributed by atoms with Crippen LogP contribution in [-0.4, -0.2) is 9.97 Å². The van der Waals surface area contributed by atoms with E-state index < -0.39 is 0 Å². The topological polar surface area (TPSA) is 45.8 Å². The highest BCUT2D eigenvalue weighted by Gasteiger charge is 2.07. The first-order valence-corrected chi connectivity index (χ1v) is 5.49. The lowest BCUT2D eigenvalue weighted by molar-refractivity contribution is 0.631. The minimum absolute atomic E-state index is 0.194. The summed E-state index contributed by atoms with van der Waals surface area (Å²) in [5.74, 6) is -0.325. The van der Waals surface area contributed by atoms with Crippen LogP contribution in [0.4, 0.5) is 4.39 Å². The lowest BCUT2D eigenvalue weighted by atomic mass is 10.1. The monoisotopic (exact) mass is 240 g/mol. The molecule has 3 rings (SSSR count). The van der Waals surface area contributed by atoms with Gasteiger partial charge in [-0.3, -0.25) is 4.79 Å². The molecular formula is C14H9FN2O. The Bertz CT molecular complexity index is 780. The summed E-state index contributed by atoms with van der Waals surface area (Å²) in [6.07, 6.45) is 1.53. The molecule has 88 valence electrons. The summed E-state index contributed by atoms with van der Waals surface area (Å²) in [4.78, 5) is 18.4. The van der Waals surface area contributed by atoms with Crippen molar-refractivity contribution in [1.29, 1.82) is 0 Å². The number of nitrogens with zero attached hydrogens (tertiary/aromatic N) is 1. The average Bonchev–Trinajstić information content (AvgIpc) is 2.39. The van der Waals surface area contributed by atoms with Gasteiger partial charge in [0.15, 0.2) is 0 Å². The van der Waals surface area contributed by atoms with Crippen LogP contribution in [0.1, 0.15) is 0 Å². The van der Waals surface area contributed by atoms with Crippen LogP contribution in [0.25, 0.3) is 22.2 Å². The predicted molar refractivity (Wildman–Crippen MR) is 67.8 cm³/mol. The van der Waals surface area contributed by atoms with Gasteiger partial charge in [-0.05, 0) is 30.3 Å². The van der Waals surface area contributed by atoms with E-state index in [1.165, 1.54) is 12.3 Å². The van der Waals surface area contributed by atoms with E-state index in [0.717, 1.165) is 0 Å². The Kier molecular flexibility index (Phi) is 2.41. The lowest BCUT2D eigenvalue weighted by Gasteiger charge is -2.03. The normalized spacial score (nSPS) is 10.7. The van der Waals surface area contributed by atoms with Crippen molar-refractivity contribution in [2.75, 3.05) is 0 Å². The Morgan fingerprint density at radius 2 is 1.89 bits per heavy atom. The summed E-state index contributed by atoms with van der Waals surface area (Å²) in [6, 6.07) is 11.4. The Hall–Kier alpha value is -2.49. The van der Waals surface area contributed by atoms with E-state index in [2.05, 4.69) is 9.97 Å². The van der Waals surface area contributed by atoms with Crippen LogP contribution < -0.4 is 5.56 Å². The van der Waals surface area contributed by atoms with Gasteiger partial charge >= 0.3 is 0 Å². The minimum Gasteiger partial charge on any atom is -0.328 e. The maximum absolute atomic E-state index is 13.6. The van der Waals surface area contributed by atoms with Gasteiger partial charge < -0.3 is 4.98 Å². The number of aromatic amines is 1. The van der Waals surface area contributed by atoms with Crippen molar-refractivity contribution in [3.05, 3.63) is 64.8 Å². The van der Waals surface area contributed by atoms with Crippen molar-refractivity contribution < 1.29 is 4.39 Å². The molecule has 0 fully saturated rings. The Morgan fingerprint density at radius 1 is 1.06 bits per heavy atom. The molecule has 0 aliphatic carbocycles. The molecule has 18 heavy (non-hydrogen) atoms. The van der Waals surface area contributed by atoms with Crippen molar-refractivity contribution in [2.45, 2.75) is 0 Å². The zero-order valence-electron chi connectivity index (χ0n) is 9.35. The molecule has 0 amide bonds. The molecule has 0 spiro atoms. The van der Waals surface area contributed by atoms with Crippen LogP contribution in [0.5, 0.6) is 0 Å². The molecule has 0 aliphatic heterocycles. The average molecular weight is 240 g/mol. The summed E-state index contributed by atoms with van der Waals surface area (Å²) < 4.78 is 13.6. The zero-order valence-corrected chi connectivity index (χ0v) is 9.35. The van der Waals surface area contributed by atoms with Crippen molar-refractivity contribution in [3.8, 4) is 11.3 Å². The first-order valence-electron chi connectivity index (χ1n) is 5.49. The Balaban J connectivity index is 2.27. The molecule has 3 aromatic rings. The van der Waals surface area contributed by atoms with Crippen molar-refractivity contribution in [1.82, 2.24) is 9.97 Å². The molecule has 1 aromatic carbocycles. The largest absolute Gasteiger partial charge is 0.328 e. The van der Waals surface area contributed by atoms with Gasteiger partial charge in [0.1, 0.15) is 5.82 Å². The van der Waals surface area contributed by atoms with E-state index in [9.17, 15) is 9.18 Å². The molecule has 0 aliphatic rings. The molecule has 0 atom stereocenters. The summed E-state index contributed by atoms with van der Waals surface area (Å²) in [6.45, 7) is 0. The number of fused-ring (bicyclic) bond motifs is 1. The van der Waals surface area contributed by atoms with Crippen LogP contribution in [0.15, 0.2) is 53.5 Å². The molecule has 0 radical (unpaired) electrons. The van der Waals surface area contributed by atoms with Crippen LogP contribution in [0.3, 0.4) is 0 Å². The molecule has 2 aromatic heterocycles. The fraction of sp³-hybridized carbons (Fsp3) is 0. The van der Waals surface area contributed by atoms with Gasteiger partial charge in [0.05, 0.1) is 16.6 Å². The predicted octanol–water partition coefficient (Wildman–Crippen LogP) is 2.73. The van der Waals surface area contributed by atoms with Gasteiger partial charge in [0.25, 0.3) is 5.56 Å². The standard InChI is InChI=1S/C14H9FN2O/c15-11-4-2-1-3-9(11)12-6-5-10-13(17-12)7-8-16-14(10)18/h1-8H,(H,16,18). The van der Waals surface area contributed by atoms with Crippen molar-refractivity contribution >= 4 is 10.9 Å². The summed E-state index contributed by atoms with van der Waals surface area (Å²) in [5.41, 5.74) is 1.31. The summed E-state index contributed by atoms with van der Waals surface area (Å²) in [7, 11) is 0. The minimum atomic E-state index is -0.325. The third kappa shape index (κ3) is 1.68. The molecule has 0 bridgehead atoms. The van der Waals surface area contributed by atoms with Crippen LogP contribution in [0.2, 0.25) is 0 Å². The van der Waals surface area contributed by atoms with Crippen molar-refractivity contribution in [2.24, 2.45) is 0 Å². The van der Waals surface area contributed by atoms with Crippen LogP contribution >= 0.6 is 0 Å². The number of H-pyrrole nitrogens is 1. The number of nitrogens with one attached hydrogen (secondary N) is 1. The smallest absolute Gasteiger partial charge is 0.257 e. The number of pyridine rings is 2. The molecule has 3 nitrogen and oxygen atoms in total. The van der Waals surface area contributed by atoms with Gasteiger partial charge in [-0.15, -0.1) is 0 Å². The number of hydrogen-bond donors (Lipinski definition) is 1. The van der Waals surface area contributed by atoms with Crippen LogP contribution in [-0.2, 0) is 0 Å². The van der Waals surface area contributed by atoms with Gasteiger partial charge in [-0.25, -0.2) is 9.37 Å². The van der Waals surface area contributed by atoms with Gasteiger partial charge in [0, 0.05) is 11.8 Å². The van der Waals surface area contributed by atoms with Gasteiger partial charge in [0.2, 0.25) is 0 Å². The van der Waals surface area contributed by atoms with E-state index in [1.54, 1.807) is 36.4 Å². The SMILES string of the molecule is O=c1[nH]ccc2nc(-c3ccccc3F)ccc12. The first kappa shape index (κ1) is 10.7. The highest BCUT2D eigenvalue weighted by Crippen LogP contribution is 2.21. The number of benzene rings is 1. The van der Waals surface area contributed by atoms with E-state index in [4.69, 9.17) is 0 Å². The zero-order chi connectivity index (χ0) is 12.5. The van der Waals surface area contributed by atoms with E-state index in [1.807, 2.05) is 0 Å². The molecule has 2 heterocycles. The third-order valence-corrected chi connectivity index (χ3v) is 2.77. The van der Waals surface area contributed by atoms with E-state index in [0.29, 0.717) is 22.2 Å². The number of halogens is 1. The van der Waals surface area contributed by atoms with Gasteiger partial charge in [-0.2, -0.15) is 0 Å². The van der Waals surface area contributed by atoms with Crippen molar-refractivity contribution in [3.63, 3.8) is 0 Å². The quantitative estimate of drug-likeness (QED) is 0.710. The fourth-order valence-electron chi connectivity index (χ4n) is 1.89. The maximum atomic E-state index is 13.6. The maximum Gasteiger partial charge on any atom is 0.257 e. The highest BCUT2D eigenvalue weighted by atomic mass is 19.1. The summed E-state index contributed by atoms with van der Waals surface area (Å²) >= 11 is 0. The second-order valence-corrected chi connectivity index (χ2v) is 3.92. The molecule has 0 unspecified atom stereocenters. The highest BCUT2D eigenvalue weighted by molar-refractivity contribution is 5.80. The molecular weight excluding hydrogens is 231 g/mol.